The number of esters is 1. The lowest BCUT2D eigenvalue weighted by Crippen LogP contribution is -2.40. The summed E-state index contributed by atoms with van der Waals surface area (Å²) in [5.41, 5.74) is 6.89. The second-order valence-electron chi connectivity index (χ2n) is 4.95. The molecule has 0 radical (unpaired) electrons. The molecule has 0 aliphatic carbocycles. The van der Waals surface area contributed by atoms with Gasteiger partial charge in [-0.2, -0.15) is 11.8 Å². The SMILES string of the molecule is CCOC(=O)C(C)(CSC(C)(C)C)C(=O)N=[N+]=[N-]. The van der Waals surface area contributed by atoms with Crippen molar-refractivity contribution in [2.24, 2.45) is 10.5 Å². The molecule has 0 rings (SSSR count). The maximum Gasteiger partial charge on any atom is 0.320 e. The highest BCUT2D eigenvalue weighted by Gasteiger charge is 2.42. The summed E-state index contributed by atoms with van der Waals surface area (Å²) in [6.07, 6.45) is 0. The Labute approximate surface area is 111 Å². The molecule has 6 nitrogen and oxygen atoms in total. The molecule has 7 heteroatoms. The second-order valence-corrected chi connectivity index (χ2v) is 6.75. The van der Waals surface area contributed by atoms with Gasteiger partial charge < -0.3 is 4.74 Å². The first-order chi connectivity index (χ1) is 8.17. The molecule has 0 saturated carbocycles. The predicted octanol–water partition coefficient (Wildman–Crippen LogP) is 2.92. The van der Waals surface area contributed by atoms with Gasteiger partial charge in [-0.05, 0) is 24.5 Å². The summed E-state index contributed by atoms with van der Waals surface area (Å²) in [5, 5.41) is 3.03. The Morgan fingerprint density at radius 1 is 1.33 bits per heavy atom. The van der Waals surface area contributed by atoms with Crippen LogP contribution in [-0.4, -0.2) is 29.0 Å². The molecule has 1 atom stereocenters. The largest absolute Gasteiger partial charge is 0.465 e. The first kappa shape index (κ1) is 16.8. The van der Waals surface area contributed by atoms with Crippen LogP contribution in [0.15, 0.2) is 5.11 Å². The number of rotatable bonds is 5. The van der Waals surface area contributed by atoms with Crippen molar-refractivity contribution < 1.29 is 14.3 Å². The molecule has 0 aliphatic rings. The minimum atomic E-state index is -1.43. The third kappa shape index (κ3) is 4.98. The van der Waals surface area contributed by atoms with E-state index in [9.17, 15) is 9.59 Å². The van der Waals surface area contributed by atoms with E-state index in [1.54, 1.807) is 6.92 Å². The van der Waals surface area contributed by atoms with Gasteiger partial charge in [-0.25, -0.2) is 0 Å². The topological polar surface area (TPSA) is 92.1 Å². The third-order valence-electron chi connectivity index (χ3n) is 2.13. The zero-order valence-electron chi connectivity index (χ0n) is 11.4. The van der Waals surface area contributed by atoms with E-state index < -0.39 is 17.3 Å². The Balaban J connectivity index is 5.09. The fraction of sp³-hybridized carbons (Fsp3) is 0.818. The van der Waals surface area contributed by atoms with E-state index in [1.165, 1.54) is 18.7 Å². The molecule has 0 saturated heterocycles. The first-order valence-corrected chi connectivity index (χ1v) is 6.56. The lowest BCUT2D eigenvalue weighted by Gasteiger charge is -2.27. The Bertz CT molecular complexity index is 372. The van der Waals surface area contributed by atoms with Crippen molar-refractivity contribution in [2.75, 3.05) is 12.4 Å². The van der Waals surface area contributed by atoms with Gasteiger partial charge in [0.05, 0.1) is 6.61 Å². The van der Waals surface area contributed by atoms with E-state index in [0.717, 1.165) is 0 Å². The summed E-state index contributed by atoms with van der Waals surface area (Å²) in [7, 11) is 0. The second kappa shape index (κ2) is 6.66. The number of nitrogens with zero attached hydrogens (tertiary/aromatic N) is 3. The Morgan fingerprint density at radius 3 is 2.28 bits per heavy atom. The molecule has 102 valence electrons. The number of carbonyl (C=O) groups is 2. The molecule has 0 spiro atoms. The summed E-state index contributed by atoms with van der Waals surface area (Å²) in [5.74, 6) is -1.24. The molecule has 1 unspecified atom stereocenters. The molecule has 0 heterocycles. The Hall–Kier alpha value is -1.20. The highest BCUT2D eigenvalue weighted by molar-refractivity contribution is 8.00. The molecule has 0 aromatic heterocycles. The van der Waals surface area contributed by atoms with Crippen molar-refractivity contribution in [2.45, 2.75) is 39.4 Å². The van der Waals surface area contributed by atoms with E-state index in [4.69, 9.17) is 10.3 Å². The molecule has 0 N–H and O–H groups in total. The summed E-state index contributed by atoms with van der Waals surface area (Å²) >= 11 is 1.44. The zero-order valence-corrected chi connectivity index (χ0v) is 12.2. The van der Waals surface area contributed by atoms with Crippen LogP contribution in [0.3, 0.4) is 0 Å². The van der Waals surface area contributed by atoms with Gasteiger partial charge in [-0.15, -0.1) is 0 Å². The normalized spacial score (nSPS) is 14.3. The minimum Gasteiger partial charge on any atom is -0.465 e. The quantitative estimate of drug-likeness (QED) is 0.253. The summed E-state index contributed by atoms with van der Waals surface area (Å²) < 4.78 is 4.78. The van der Waals surface area contributed by atoms with E-state index >= 15 is 0 Å². The van der Waals surface area contributed by atoms with Gasteiger partial charge in [0, 0.05) is 15.4 Å². The van der Waals surface area contributed by atoms with E-state index in [0.29, 0.717) is 0 Å². The molecule has 1 amide bonds. The first-order valence-electron chi connectivity index (χ1n) is 5.58. The molecular formula is C11H19N3O3S. The Kier molecular flexibility index (Phi) is 6.21. The monoisotopic (exact) mass is 273 g/mol. The molecule has 18 heavy (non-hydrogen) atoms. The minimum absolute atomic E-state index is 0.107. The van der Waals surface area contributed by atoms with Gasteiger partial charge in [-0.1, -0.05) is 20.8 Å². The van der Waals surface area contributed by atoms with E-state index in [2.05, 4.69) is 10.0 Å². The van der Waals surface area contributed by atoms with Gasteiger partial charge in [0.25, 0.3) is 0 Å². The summed E-state index contributed by atoms with van der Waals surface area (Å²) in [6.45, 7) is 9.20. The number of hydrogen-bond donors (Lipinski definition) is 0. The molecule has 0 aromatic rings. The number of carbonyl (C=O) groups excluding carboxylic acids is 2. The highest BCUT2D eigenvalue weighted by Crippen LogP contribution is 2.33. The van der Waals surface area contributed by atoms with E-state index in [1.807, 2.05) is 20.8 Å². The third-order valence-corrected chi connectivity index (χ3v) is 3.72. The van der Waals surface area contributed by atoms with E-state index in [-0.39, 0.29) is 17.1 Å². The van der Waals surface area contributed by atoms with Gasteiger partial charge >= 0.3 is 5.97 Å². The van der Waals surface area contributed by atoms with Gasteiger partial charge in [0.15, 0.2) is 0 Å². The lowest BCUT2D eigenvalue weighted by atomic mass is 9.92. The average molecular weight is 273 g/mol. The molecular weight excluding hydrogens is 254 g/mol. The van der Waals surface area contributed by atoms with Crippen LogP contribution < -0.4 is 0 Å². The van der Waals surface area contributed by atoms with Crippen molar-refractivity contribution in [3.63, 3.8) is 0 Å². The molecule has 0 fully saturated rings. The van der Waals surface area contributed by atoms with Crippen molar-refractivity contribution in [1.82, 2.24) is 0 Å². The van der Waals surface area contributed by atoms with Gasteiger partial charge in [0.1, 0.15) is 5.41 Å². The fourth-order valence-electron chi connectivity index (χ4n) is 1.01. The number of thioether (sulfide) groups is 1. The maximum absolute atomic E-state index is 11.9. The van der Waals surface area contributed by atoms with Crippen molar-refractivity contribution in [3.05, 3.63) is 10.4 Å². The van der Waals surface area contributed by atoms with Crippen LogP contribution >= 0.6 is 11.8 Å². The number of hydrogen-bond acceptors (Lipinski definition) is 4. The van der Waals surface area contributed by atoms with Crippen LogP contribution in [0.2, 0.25) is 0 Å². The van der Waals surface area contributed by atoms with Crippen LogP contribution in [0, 0.1) is 5.41 Å². The van der Waals surface area contributed by atoms with Crippen LogP contribution in [0.4, 0.5) is 0 Å². The fourth-order valence-corrected chi connectivity index (χ4v) is 1.97. The predicted molar refractivity (Wildman–Crippen MR) is 71.1 cm³/mol. The molecule has 0 aromatic carbocycles. The van der Waals surface area contributed by atoms with Gasteiger partial charge in [-0.3, -0.25) is 9.59 Å². The highest BCUT2D eigenvalue weighted by atomic mass is 32.2. The van der Waals surface area contributed by atoms with Gasteiger partial charge in [0.2, 0.25) is 5.91 Å². The maximum atomic E-state index is 11.9. The van der Waals surface area contributed by atoms with Crippen molar-refractivity contribution in [1.29, 1.82) is 0 Å². The smallest absolute Gasteiger partial charge is 0.320 e. The average Bonchev–Trinajstić information content (AvgIpc) is 2.25. The standard InChI is InChI=1S/C11H19N3O3S/c1-6-17-9(16)11(5,8(15)13-14-12)7-18-10(2,3)4/h6-7H2,1-5H3. The number of amides is 1. The Morgan fingerprint density at radius 2 is 1.89 bits per heavy atom. The van der Waals surface area contributed by atoms with Crippen LogP contribution in [0.5, 0.6) is 0 Å². The van der Waals surface area contributed by atoms with Crippen LogP contribution in [-0.2, 0) is 14.3 Å². The molecule has 0 bridgehead atoms. The summed E-state index contributed by atoms with van der Waals surface area (Å²) in [4.78, 5) is 26.1. The molecule has 0 aliphatic heterocycles. The number of azide groups is 1. The van der Waals surface area contributed by atoms with Crippen LogP contribution in [0.1, 0.15) is 34.6 Å². The summed E-state index contributed by atoms with van der Waals surface area (Å²) in [6, 6.07) is 0. The van der Waals surface area contributed by atoms with Crippen molar-refractivity contribution >= 4 is 23.6 Å². The zero-order chi connectivity index (χ0) is 14.4. The lowest BCUT2D eigenvalue weighted by molar-refractivity contribution is -0.157. The number of ether oxygens (including phenoxy) is 1. The van der Waals surface area contributed by atoms with Crippen molar-refractivity contribution in [3.8, 4) is 0 Å². The van der Waals surface area contributed by atoms with Crippen LogP contribution in [0.25, 0.3) is 10.4 Å².